The van der Waals surface area contributed by atoms with E-state index in [1.54, 1.807) is 45.0 Å². The quantitative estimate of drug-likeness (QED) is 0.518. The van der Waals surface area contributed by atoms with Crippen molar-refractivity contribution < 1.29 is 18.0 Å². The summed E-state index contributed by atoms with van der Waals surface area (Å²) in [5.74, 6) is -0.982. The van der Waals surface area contributed by atoms with E-state index in [1.165, 1.54) is 23.1 Å². The van der Waals surface area contributed by atoms with Gasteiger partial charge in [-0.1, -0.05) is 53.0 Å². The zero-order chi connectivity index (χ0) is 24.9. The Bertz CT molecular complexity index is 1130. The molecular weight excluding hydrogens is 509 g/mol. The van der Waals surface area contributed by atoms with Gasteiger partial charge < -0.3 is 10.2 Å². The van der Waals surface area contributed by atoms with Crippen molar-refractivity contribution in [3.63, 3.8) is 0 Å². The van der Waals surface area contributed by atoms with Crippen LogP contribution in [0.25, 0.3) is 0 Å². The Morgan fingerprint density at radius 3 is 2.18 bits per heavy atom. The molecule has 0 bridgehead atoms. The van der Waals surface area contributed by atoms with Gasteiger partial charge in [-0.05, 0) is 50.6 Å². The van der Waals surface area contributed by atoms with Crippen molar-refractivity contribution in [2.75, 3.05) is 17.1 Å². The van der Waals surface area contributed by atoms with Gasteiger partial charge in [0.25, 0.3) is 0 Å². The van der Waals surface area contributed by atoms with Gasteiger partial charge in [0.1, 0.15) is 12.6 Å². The largest absolute Gasteiger partial charge is 0.352 e. The van der Waals surface area contributed by atoms with Crippen molar-refractivity contribution >= 4 is 62.3 Å². The highest BCUT2D eigenvalue weighted by Gasteiger charge is 2.31. The fourth-order valence-electron chi connectivity index (χ4n) is 3.07. The molecule has 0 saturated carbocycles. The number of carbonyl (C=O) groups excluding carboxylic acids is 2. The first-order valence-electron chi connectivity index (χ1n) is 10.1. The van der Waals surface area contributed by atoms with Gasteiger partial charge in [-0.25, -0.2) is 8.42 Å². The van der Waals surface area contributed by atoms with Crippen molar-refractivity contribution in [1.82, 2.24) is 10.2 Å². The number of amides is 2. The van der Waals surface area contributed by atoms with Gasteiger partial charge >= 0.3 is 0 Å². The Hall–Kier alpha value is -2.00. The van der Waals surface area contributed by atoms with E-state index in [9.17, 15) is 18.0 Å². The van der Waals surface area contributed by atoms with Crippen molar-refractivity contribution in [1.29, 1.82) is 0 Å². The van der Waals surface area contributed by atoms with E-state index in [0.29, 0.717) is 15.6 Å². The van der Waals surface area contributed by atoms with Crippen LogP contribution < -0.4 is 9.62 Å². The molecule has 0 aliphatic heterocycles. The van der Waals surface area contributed by atoms with E-state index < -0.39 is 28.5 Å². The summed E-state index contributed by atoms with van der Waals surface area (Å²) in [5.41, 5.74) is 0.723. The van der Waals surface area contributed by atoms with Crippen LogP contribution in [0.3, 0.4) is 0 Å². The smallest absolute Gasteiger partial charge is 0.244 e. The van der Waals surface area contributed by atoms with Crippen LogP contribution >= 0.6 is 34.8 Å². The molecule has 0 aliphatic carbocycles. The zero-order valence-corrected chi connectivity index (χ0v) is 21.8. The zero-order valence-electron chi connectivity index (χ0n) is 18.7. The lowest BCUT2D eigenvalue weighted by Crippen LogP contribution is -2.52. The molecule has 0 saturated heterocycles. The lowest BCUT2D eigenvalue weighted by atomic mass is 10.1. The van der Waals surface area contributed by atoms with Crippen LogP contribution in [0.1, 0.15) is 26.3 Å². The second kappa shape index (κ2) is 11.4. The number of nitrogens with zero attached hydrogens (tertiary/aromatic N) is 2. The van der Waals surface area contributed by atoms with Crippen LogP contribution in [0.5, 0.6) is 0 Å². The molecule has 2 amide bonds. The number of carbonyl (C=O) groups is 2. The van der Waals surface area contributed by atoms with Crippen molar-refractivity contribution in [3.05, 3.63) is 63.1 Å². The molecule has 7 nitrogen and oxygen atoms in total. The van der Waals surface area contributed by atoms with Gasteiger partial charge in [-0.15, -0.1) is 0 Å². The van der Waals surface area contributed by atoms with Crippen LogP contribution in [0.2, 0.25) is 15.1 Å². The highest BCUT2D eigenvalue weighted by atomic mass is 35.5. The number of sulfonamides is 1. The van der Waals surface area contributed by atoms with Crippen molar-refractivity contribution in [2.24, 2.45) is 0 Å². The standard InChI is InChI=1S/C22H26Cl3N3O4S/c1-14(2)26-22(30)15(3)27(12-16-9-10-17(23)11-19(16)25)21(29)13-28(33(4,31)32)20-8-6-5-7-18(20)24/h5-11,14-15H,12-13H2,1-4H3,(H,26,30)/t15-/m0/s1. The van der Waals surface area contributed by atoms with E-state index in [2.05, 4.69) is 5.32 Å². The molecule has 0 aliphatic rings. The molecule has 0 spiro atoms. The molecule has 180 valence electrons. The predicted octanol–water partition coefficient (Wildman–Crippen LogP) is 4.35. The third-order valence-electron chi connectivity index (χ3n) is 4.75. The summed E-state index contributed by atoms with van der Waals surface area (Å²) < 4.78 is 26.0. The van der Waals surface area contributed by atoms with E-state index >= 15 is 0 Å². The fraction of sp³-hybridized carbons (Fsp3) is 0.364. The van der Waals surface area contributed by atoms with Crippen molar-refractivity contribution in [2.45, 2.75) is 39.4 Å². The number of rotatable bonds is 9. The van der Waals surface area contributed by atoms with Gasteiger partial charge in [-0.3, -0.25) is 13.9 Å². The fourth-order valence-corrected chi connectivity index (χ4v) is 4.69. The maximum atomic E-state index is 13.4. The van der Waals surface area contributed by atoms with Gasteiger partial charge in [0.05, 0.1) is 17.0 Å². The third kappa shape index (κ3) is 7.50. The Balaban J connectivity index is 2.44. The van der Waals surface area contributed by atoms with Crippen molar-refractivity contribution in [3.8, 4) is 0 Å². The lowest BCUT2D eigenvalue weighted by Gasteiger charge is -2.32. The van der Waals surface area contributed by atoms with Crippen LogP contribution in [0.15, 0.2) is 42.5 Å². The molecule has 0 radical (unpaired) electrons. The summed E-state index contributed by atoms with van der Waals surface area (Å²) in [6.07, 6.45) is 0.985. The second-order valence-electron chi connectivity index (χ2n) is 7.82. The van der Waals surface area contributed by atoms with Gasteiger partial charge in [-0.2, -0.15) is 0 Å². The molecule has 33 heavy (non-hydrogen) atoms. The molecular formula is C22H26Cl3N3O4S. The molecule has 0 aromatic heterocycles. The third-order valence-corrected chi connectivity index (χ3v) is 6.79. The normalized spacial score (nSPS) is 12.4. The Kier molecular flexibility index (Phi) is 9.43. The number of hydrogen-bond acceptors (Lipinski definition) is 4. The first-order valence-corrected chi connectivity index (χ1v) is 13.1. The molecule has 0 heterocycles. The van der Waals surface area contributed by atoms with Gasteiger partial charge in [0, 0.05) is 22.6 Å². The minimum absolute atomic E-state index is 0.0261. The van der Waals surface area contributed by atoms with E-state index in [1.807, 2.05) is 0 Å². The summed E-state index contributed by atoms with van der Waals surface area (Å²) in [6, 6.07) is 10.1. The molecule has 2 aromatic carbocycles. The molecule has 1 N–H and O–H groups in total. The Morgan fingerprint density at radius 1 is 1.00 bits per heavy atom. The van der Waals surface area contributed by atoms with Gasteiger partial charge in [0.15, 0.2) is 0 Å². The molecule has 0 fully saturated rings. The number of para-hydroxylation sites is 1. The van der Waals surface area contributed by atoms with Crippen LogP contribution in [0.4, 0.5) is 5.69 Å². The van der Waals surface area contributed by atoms with E-state index in [4.69, 9.17) is 34.8 Å². The molecule has 2 aromatic rings. The highest BCUT2D eigenvalue weighted by molar-refractivity contribution is 7.92. The highest BCUT2D eigenvalue weighted by Crippen LogP contribution is 2.28. The predicted molar refractivity (Wildman–Crippen MR) is 133 cm³/mol. The summed E-state index contributed by atoms with van der Waals surface area (Å²) in [6.45, 7) is 4.60. The lowest BCUT2D eigenvalue weighted by molar-refractivity contribution is -0.139. The topological polar surface area (TPSA) is 86.8 Å². The molecule has 11 heteroatoms. The number of benzene rings is 2. The molecule has 2 rings (SSSR count). The average Bonchev–Trinajstić information content (AvgIpc) is 2.70. The number of nitrogens with one attached hydrogen (secondary N) is 1. The monoisotopic (exact) mass is 533 g/mol. The Morgan fingerprint density at radius 2 is 1.64 bits per heavy atom. The SMILES string of the molecule is CC(C)NC(=O)[C@H](C)N(Cc1ccc(Cl)cc1Cl)C(=O)CN(c1ccccc1Cl)S(C)(=O)=O. The van der Waals surface area contributed by atoms with Crippen LogP contribution in [-0.4, -0.2) is 50.0 Å². The summed E-state index contributed by atoms with van der Waals surface area (Å²) in [5, 5.41) is 3.69. The summed E-state index contributed by atoms with van der Waals surface area (Å²) in [7, 11) is -3.86. The first kappa shape index (κ1) is 27.2. The molecule has 1 atom stereocenters. The first-order chi connectivity index (χ1) is 15.3. The number of halogens is 3. The van der Waals surface area contributed by atoms with Gasteiger partial charge in [0.2, 0.25) is 21.8 Å². The van der Waals surface area contributed by atoms with E-state index in [-0.39, 0.29) is 29.2 Å². The maximum absolute atomic E-state index is 13.4. The minimum Gasteiger partial charge on any atom is -0.352 e. The summed E-state index contributed by atoms with van der Waals surface area (Å²) >= 11 is 18.5. The average molecular weight is 535 g/mol. The van der Waals surface area contributed by atoms with Crippen LogP contribution in [0, 0.1) is 0 Å². The molecule has 0 unspecified atom stereocenters. The minimum atomic E-state index is -3.86. The summed E-state index contributed by atoms with van der Waals surface area (Å²) in [4.78, 5) is 27.4. The number of hydrogen-bond donors (Lipinski definition) is 1. The number of anilines is 1. The maximum Gasteiger partial charge on any atom is 0.244 e. The second-order valence-corrected chi connectivity index (χ2v) is 11.0. The van der Waals surface area contributed by atoms with Crippen LogP contribution in [-0.2, 0) is 26.2 Å². The van der Waals surface area contributed by atoms with E-state index in [0.717, 1.165) is 10.6 Å². The Labute approximate surface area is 209 Å².